The molecule has 5 aromatic rings. The zero-order valence-corrected chi connectivity index (χ0v) is 18.4. The van der Waals surface area contributed by atoms with Gasteiger partial charge in [0.25, 0.3) is 0 Å². The van der Waals surface area contributed by atoms with Gasteiger partial charge in [-0.1, -0.05) is 91.0 Å². The number of hydrogen-bond donors (Lipinski definition) is 1. The first-order chi connectivity index (χ1) is 16.3. The van der Waals surface area contributed by atoms with Crippen molar-refractivity contribution in [2.45, 2.75) is 13.0 Å². The average molecular weight is 429 g/mol. The van der Waals surface area contributed by atoms with E-state index in [1.54, 1.807) is 0 Å². The molecule has 4 nitrogen and oxygen atoms in total. The zero-order valence-electron chi connectivity index (χ0n) is 18.4. The minimum atomic E-state index is 0.103. The van der Waals surface area contributed by atoms with Gasteiger partial charge in [-0.15, -0.1) is 0 Å². The van der Waals surface area contributed by atoms with Crippen LogP contribution in [0, 0.1) is 0 Å². The van der Waals surface area contributed by atoms with Gasteiger partial charge in [0.2, 0.25) is 0 Å². The van der Waals surface area contributed by atoms with Crippen LogP contribution in [0.25, 0.3) is 33.8 Å². The Bertz CT molecular complexity index is 1340. The molecule has 0 aliphatic heterocycles. The van der Waals surface area contributed by atoms with Crippen molar-refractivity contribution >= 4 is 5.82 Å². The molecule has 33 heavy (non-hydrogen) atoms. The Hall–Kier alpha value is -4.31. The van der Waals surface area contributed by atoms with Crippen LogP contribution in [0.15, 0.2) is 116 Å². The summed E-state index contributed by atoms with van der Waals surface area (Å²) in [7, 11) is 0. The van der Waals surface area contributed by atoms with Crippen LogP contribution < -0.4 is 5.32 Å². The summed E-state index contributed by atoms with van der Waals surface area (Å²) >= 11 is 0. The van der Waals surface area contributed by atoms with Gasteiger partial charge in [0, 0.05) is 41.2 Å². The number of rotatable bonds is 6. The van der Waals surface area contributed by atoms with Crippen LogP contribution in [0.2, 0.25) is 0 Å². The molecule has 1 atom stereocenters. The van der Waals surface area contributed by atoms with Crippen molar-refractivity contribution in [2.24, 2.45) is 0 Å². The minimum absolute atomic E-state index is 0.103. The smallest absolute Gasteiger partial charge is 0.162 e. The predicted molar refractivity (Wildman–Crippen MR) is 135 cm³/mol. The van der Waals surface area contributed by atoms with Gasteiger partial charge in [-0.3, -0.25) is 4.98 Å². The summed E-state index contributed by atoms with van der Waals surface area (Å²) in [6.45, 7) is 2.14. The molecular weight excluding hydrogens is 404 g/mol. The van der Waals surface area contributed by atoms with Gasteiger partial charge in [-0.25, -0.2) is 9.97 Å². The maximum absolute atomic E-state index is 4.90. The van der Waals surface area contributed by atoms with E-state index < -0.39 is 0 Å². The molecule has 1 unspecified atom stereocenters. The van der Waals surface area contributed by atoms with Gasteiger partial charge in [-0.05, 0) is 24.1 Å². The van der Waals surface area contributed by atoms with Crippen LogP contribution >= 0.6 is 0 Å². The van der Waals surface area contributed by atoms with E-state index in [1.807, 2.05) is 73.1 Å². The topological polar surface area (TPSA) is 50.7 Å². The molecule has 2 aromatic heterocycles. The second-order valence-electron chi connectivity index (χ2n) is 7.93. The lowest BCUT2D eigenvalue weighted by Gasteiger charge is -2.16. The Morgan fingerprint density at radius 3 is 1.91 bits per heavy atom. The molecule has 4 heteroatoms. The molecule has 0 bridgehead atoms. The van der Waals surface area contributed by atoms with Crippen LogP contribution in [0.4, 0.5) is 5.82 Å². The number of aromatic nitrogens is 3. The average Bonchev–Trinajstić information content (AvgIpc) is 2.90. The standard InChI is InChI=1S/C29H24N4/c1-21(22-11-5-2-6-12-22)31-28-18-27(32-29(33-28)24-15-9-4-10-16-24)26-17-25(19-30-20-26)23-13-7-3-8-14-23/h2-21H,1H3,(H,31,32,33). The number of pyridine rings is 1. The largest absolute Gasteiger partial charge is 0.363 e. The summed E-state index contributed by atoms with van der Waals surface area (Å²) in [4.78, 5) is 14.2. The van der Waals surface area contributed by atoms with Crippen LogP contribution in [0.5, 0.6) is 0 Å². The van der Waals surface area contributed by atoms with Crippen LogP contribution in [-0.4, -0.2) is 15.0 Å². The highest BCUT2D eigenvalue weighted by Gasteiger charge is 2.12. The third-order valence-corrected chi connectivity index (χ3v) is 5.56. The molecule has 0 fully saturated rings. The molecule has 160 valence electrons. The van der Waals surface area contributed by atoms with Crippen LogP contribution in [0.3, 0.4) is 0 Å². The van der Waals surface area contributed by atoms with Crippen molar-refractivity contribution in [3.63, 3.8) is 0 Å². The van der Waals surface area contributed by atoms with Crippen molar-refractivity contribution in [1.29, 1.82) is 0 Å². The molecule has 2 heterocycles. The first-order valence-electron chi connectivity index (χ1n) is 11.0. The summed E-state index contributed by atoms with van der Waals surface area (Å²) in [5.41, 5.74) is 6.14. The lowest BCUT2D eigenvalue weighted by molar-refractivity contribution is 0.873. The first kappa shape index (κ1) is 20.6. The van der Waals surface area contributed by atoms with E-state index >= 15 is 0 Å². The number of benzene rings is 3. The summed E-state index contributed by atoms with van der Waals surface area (Å²) < 4.78 is 0. The van der Waals surface area contributed by atoms with Crippen molar-refractivity contribution in [2.75, 3.05) is 5.32 Å². The van der Waals surface area contributed by atoms with E-state index in [1.165, 1.54) is 5.56 Å². The van der Waals surface area contributed by atoms with Crippen LogP contribution in [0.1, 0.15) is 18.5 Å². The summed E-state index contributed by atoms with van der Waals surface area (Å²) in [5, 5.41) is 3.55. The second kappa shape index (κ2) is 9.45. The van der Waals surface area contributed by atoms with Gasteiger partial charge in [0.15, 0.2) is 5.82 Å². The van der Waals surface area contributed by atoms with Gasteiger partial charge in [-0.2, -0.15) is 0 Å². The molecule has 3 aromatic carbocycles. The second-order valence-corrected chi connectivity index (χ2v) is 7.93. The molecule has 0 saturated carbocycles. The Labute approximate surface area is 194 Å². The third-order valence-electron chi connectivity index (χ3n) is 5.56. The zero-order chi connectivity index (χ0) is 22.5. The number of nitrogens with zero attached hydrogens (tertiary/aromatic N) is 3. The van der Waals surface area contributed by atoms with E-state index in [0.717, 1.165) is 33.8 Å². The van der Waals surface area contributed by atoms with Crippen molar-refractivity contribution in [3.05, 3.63) is 121 Å². The maximum Gasteiger partial charge on any atom is 0.162 e. The summed E-state index contributed by atoms with van der Waals surface area (Å²) in [5.74, 6) is 1.46. The molecule has 0 aliphatic carbocycles. The van der Waals surface area contributed by atoms with E-state index in [4.69, 9.17) is 9.97 Å². The third kappa shape index (κ3) is 4.80. The quantitative estimate of drug-likeness (QED) is 0.315. The summed E-state index contributed by atoms with van der Waals surface area (Å²) in [6.07, 6.45) is 3.74. The lowest BCUT2D eigenvalue weighted by Crippen LogP contribution is -2.09. The first-order valence-corrected chi connectivity index (χ1v) is 11.0. The fraction of sp³-hybridized carbons (Fsp3) is 0.0690. The number of anilines is 1. The van der Waals surface area contributed by atoms with E-state index in [2.05, 4.69) is 59.7 Å². The number of hydrogen-bond acceptors (Lipinski definition) is 4. The van der Waals surface area contributed by atoms with E-state index in [9.17, 15) is 0 Å². The predicted octanol–water partition coefficient (Wildman–Crippen LogP) is 7.05. The Morgan fingerprint density at radius 2 is 1.21 bits per heavy atom. The molecule has 0 saturated heterocycles. The SMILES string of the molecule is CC(Nc1cc(-c2cncc(-c3ccccc3)c2)nc(-c2ccccc2)n1)c1ccccc1. The van der Waals surface area contributed by atoms with Gasteiger partial charge in [0.05, 0.1) is 5.69 Å². The highest BCUT2D eigenvalue weighted by atomic mass is 15.0. The molecule has 5 rings (SSSR count). The Kier molecular flexibility index (Phi) is 5.89. The van der Waals surface area contributed by atoms with Gasteiger partial charge < -0.3 is 5.32 Å². The maximum atomic E-state index is 4.90. The van der Waals surface area contributed by atoms with E-state index in [0.29, 0.717) is 5.82 Å². The highest BCUT2D eigenvalue weighted by molar-refractivity contribution is 5.72. The van der Waals surface area contributed by atoms with Gasteiger partial charge in [0.1, 0.15) is 5.82 Å². The monoisotopic (exact) mass is 428 g/mol. The van der Waals surface area contributed by atoms with E-state index in [-0.39, 0.29) is 6.04 Å². The Morgan fingerprint density at radius 1 is 0.606 bits per heavy atom. The molecule has 0 amide bonds. The molecule has 0 radical (unpaired) electrons. The summed E-state index contributed by atoms with van der Waals surface area (Å²) in [6, 6.07) is 34.9. The minimum Gasteiger partial charge on any atom is -0.363 e. The number of nitrogens with one attached hydrogen (secondary N) is 1. The molecule has 0 aliphatic rings. The highest BCUT2D eigenvalue weighted by Crippen LogP contribution is 2.29. The van der Waals surface area contributed by atoms with Crippen molar-refractivity contribution in [3.8, 4) is 33.8 Å². The Balaban J connectivity index is 1.56. The molecule has 0 spiro atoms. The molecular formula is C29H24N4. The van der Waals surface area contributed by atoms with Crippen molar-refractivity contribution < 1.29 is 0 Å². The lowest BCUT2D eigenvalue weighted by atomic mass is 10.0. The molecule has 1 N–H and O–H groups in total. The fourth-order valence-electron chi connectivity index (χ4n) is 3.80. The van der Waals surface area contributed by atoms with Crippen molar-refractivity contribution in [1.82, 2.24) is 15.0 Å². The fourth-order valence-corrected chi connectivity index (χ4v) is 3.80. The van der Waals surface area contributed by atoms with Crippen LogP contribution in [-0.2, 0) is 0 Å². The normalized spacial score (nSPS) is 11.7. The van der Waals surface area contributed by atoms with Gasteiger partial charge >= 0.3 is 0 Å².